The SMILES string of the molecule is C=CCN(Cc1ccccc1)C(=O)[C@H]1[C@H]2C(=O)N([C@@H](CC)CO)C(C(=O)N(CC=C)C3CCCCC3)C23CC(Br)[C@@H]1O3. The Morgan fingerprint density at radius 1 is 1.14 bits per heavy atom. The Kier molecular flexibility index (Phi) is 9.59. The molecule has 42 heavy (non-hydrogen) atoms. The predicted octanol–water partition coefficient (Wildman–Crippen LogP) is 4.07. The van der Waals surface area contributed by atoms with E-state index in [0.717, 1.165) is 37.7 Å². The zero-order chi connectivity index (χ0) is 30.0. The van der Waals surface area contributed by atoms with Crippen molar-refractivity contribution in [2.75, 3.05) is 19.7 Å². The number of nitrogens with zero attached hydrogens (tertiary/aromatic N) is 3. The maximum absolute atomic E-state index is 14.7. The minimum Gasteiger partial charge on any atom is -0.394 e. The van der Waals surface area contributed by atoms with Crippen molar-refractivity contribution in [2.45, 2.75) is 93.1 Å². The number of aliphatic hydroxyl groups excluding tert-OH is 1. The van der Waals surface area contributed by atoms with Crippen LogP contribution in [0.25, 0.3) is 0 Å². The van der Waals surface area contributed by atoms with Gasteiger partial charge in [0, 0.05) is 30.5 Å². The summed E-state index contributed by atoms with van der Waals surface area (Å²) in [7, 11) is 0. The molecule has 3 saturated heterocycles. The Morgan fingerprint density at radius 3 is 2.45 bits per heavy atom. The fraction of sp³-hybridized carbons (Fsp3) is 0.606. The highest BCUT2D eigenvalue weighted by Gasteiger charge is 2.77. The minimum absolute atomic E-state index is 0.0654. The second kappa shape index (κ2) is 13.0. The molecule has 1 saturated carbocycles. The Hall–Kier alpha value is -2.49. The highest BCUT2D eigenvalue weighted by Crippen LogP contribution is 2.61. The fourth-order valence-corrected chi connectivity index (χ4v) is 8.89. The molecular formula is C33H44BrN3O5. The number of halogens is 1. The third-order valence-electron chi connectivity index (χ3n) is 9.82. The van der Waals surface area contributed by atoms with E-state index in [0.29, 0.717) is 32.5 Å². The number of ether oxygens (including phenoxy) is 1. The number of alkyl halides is 1. The number of likely N-dealkylation sites (tertiary alicyclic amines) is 1. The smallest absolute Gasteiger partial charge is 0.248 e. The van der Waals surface area contributed by atoms with Crippen LogP contribution >= 0.6 is 15.9 Å². The van der Waals surface area contributed by atoms with Crippen molar-refractivity contribution in [2.24, 2.45) is 11.8 Å². The summed E-state index contributed by atoms with van der Waals surface area (Å²) in [6, 6.07) is 8.34. The number of carbonyl (C=O) groups is 3. The third kappa shape index (κ3) is 5.26. The lowest BCUT2D eigenvalue weighted by Crippen LogP contribution is -2.60. The molecule has 4 aliphatic rings. The molecule has 1 aromatic rings. The van der Waals surface area contributed by atoms with Gasteiger partial charge in [-0.1, -0.05) is 84.6 Å². The molecule has 5 rings (SSSR count). The number of hydrogen-bond donors (Lipinski definition) is 1. The number of rotatable bonds is 12. The van der Waals surface area contributed by atoms with Crippen LogP contribution < -0.4 is 0 Å². The normalized spacial score (nSPS) is 31.1. The topological polar surface area (TPSA) is 90.4 Å². The molecule has 9 heteroatoms. The maximum Gasteiger partial charge on any atom is 0.248 e. The Labute approximate surface area is 257 Å². The monoisotopic (exact) mass is 641 g/mol. The molecule has 3 heterocycles. The summed E-state index contributed by atoms with van der Waals surface area (Å²) in [5.74, 6) is -2.16. The van der Waals surface area contributed by atoms with Crippen LogP contribution in [-0.4, -0.2) is 91.9 Å². The molecule has 0 aromatic heterocycles. The molecule has 228 valence electrons. The molecule has 3 amide bonds. The van der Waals surface area contributed by atoms with Crippen LogP contribution in [0.3, 0.4) is 0 Å². The van der Waals surface area contributed by atoms with Crippen molar-refractivity contribution < 1.29 is 24.2 Å². The first-order chi connectivity index (χ1) is 20.3. The lowest BCUT2D eigenvalue weighted by Gasteiger charge is -2.42. The first-order valence-corrected chi connectivity index (χ1v) is 16.3. The molecule has 3 aliphatic heterocycles. The van der Waals surface area contributed by atoms with E-state index in [1.807, 2.05) is 42.2 Å². The van der Waals surface area contributed by atoms with Crippen molar-refractivity contribution in [1.82, 2.24) is 14.7 Å². The quantitative estimate of drug-likeness (QED) is 0.275. The van der Waals surface area contributed by atoms with Crippen LogP contribution in [0.4, 0.5) is 0 Å². The minimum atomic E-state index is -1.16. The van der Waals surface area contributed by atoms with Gasteiger partial charge in [0.15, 0.2) is 0 Å². The molecular weight excluding hydrogens is 598 g/mol. The van der Waals surface area contributed by atoms with Crippen LogP contribution in [0.1, 0.15) is 57.4 Å². The second-order valence-electron chi connectivity index (χ2n) is 12.2. The van der Waals surface area contributed by atoms with Crippen LogP contribution in [0.15, 0.2) is 55.6 Å². The standard InChI is InChI=1S/C33H44BrN3O5/c1-4-17-35(20-22-13-9-7-10-14-22)30(39)26-27-31(40)37(23(6-3)21-38)29(33(27)19-25(34)28(26)42-33)32(41)36(18-5-2)24-15-11-8-12-16-24/h4-5,7,9-10,13-14,23-29,38H,1-2,6,8,11-12,15-21H2,3H3/t23-,25?,26-,27-,28-,29?,33?/m0/s1. The van der Waals surface area contributed by atoms with Crippen LogP contribution in [-0.2, 0) is 25.7 Å². The summed E-state index contributed by atoms with van der Waals surface area (Å²) >= 11 is 3.79. The summed E-state index contributed by atoms with van der Waals surface area (Å²) in [6.07, 6.45) is 8.92. The Balaban J connectivity index is 1.55. The van der Waals surface area contributed by atoms with Gasteiger partial charge in [-0.2, -0.15) is 0 Å². The lowest BCUT2D eigenvalue weighted by molar-refractivity contribution is -0.153. The molecule has 1 aromatic carbocycles. The van der Waals surface area contributed by atoms with Gasteiger partial charge < -0.3 is 24.5 Å². The molecule has 1 aliphatic carbocycles. The molecule has 4 fully saturated rings. The number of hydrogen-bond acceptors (Lipinski definition) is 5. The largest absolute Gasteiger partial charge is 0.394 e. The van der Waals surface area contributed by atoms with Gasteiger partial charge >= 0.3 is 0 Å². The van der Waals surface area contributed by atoms with E-state index in [2.05, 4.69) is 29.1 Å². The van der Waals surface area contributed by atoms with E-state index in [9.17, 15) is 19.5 Å². The summed E-state index contributed by atoms with van der Waals surface area (Å²) < 4.78 is 6.76. The third-order valence-corrected chi connectivity index (χ3v) is 10.7. The van der Waals surface area contributed by atoms with Gasteiger partial charge in [0.05, 0.1) is 30.6 Å². The van der Waals surface area contributed by atoms with Gasteiger partial charge in [-0.25, -0.2) is 0 Å². The zero-order valence-electron chi connectivity index (χ0n) is 24.6. The van der Waals surface area contributed by atoms with Gasteiger partial charge in [-0.15, -0.1) is 13.2 Å². The Morgan fingerprint density at radius 2 is 1.83 bits per heavy atom. The molecule has 1 N–H and O–H groups in total. The van der Waals surface area contributed by atoms with Crippen LogP contribution in [0.2, 0.25) is 0 Å². The van der Waals surface area contributed by atoms with Gasteiger partial charge in [0.25, 0.3) is 0 Å². The maximum atomic E-state index is 14.7. The van der Waals surface area contributed by atoms with Crippen molar-refractivity contribution in [3.8, 4) is 0 Å². The summed E-state index contributed by atoms with van der Waals surface area (Å²) in [5, 5.41) is 10.4. The number of aliphatic hydroxyl groups is 1. The number of fused-ring (bicyclic) bond motifs is 1. The van der Waals surface area contributed by atoms with E-state index < -0.39 is 35.6 Å². The van der Waals surface area contributed by atoms with Crippen LogP contribution in [0.5, 0.6) is 0 Å². The predicted molar refractivity (Wildman–Crippen MR) is 165 cm³/mol. The van der Waals surface area contributed by atoms with Gasteiger partial charge in [-0.05, 0) is 31.2 Å². The van der Waals surface area contributed by atoms with Gasteiger partial charge in [-0.3, -0.25) is 14.4 Å². The second-order valence-corrected chi connectivity index (χ2v) is 13.4. The summed E-state index contributed by atoms with van der Waals surface area (Å²) in [6.45, 7) is 10.5. The van der Waals surface area contributed by atoms with Gasteiger partial charge in [0.1, 0.15) is 11.6 Å². The number of carbonyl (C=O) groups excluding carboxylic acids is 3. The molecule has 2 bridgehead atoms. The highest BCUT2D eigenvalue weighted by atomic mass is 79.9. The van der Waals surface area contributed by atoms with E-state index >= 15 is 0 Å². The Bertz CT molecular complexity index is 1170. The number of benzene rings is 1. The molecule has 7 atom stereocenters. The van der Waals surface area contributed by atoms with Crippen LogP contribution in [0, 0.1) is 11.8 Å². The van der Waals surface area contributed by atoms with Crippen molar-refractivity contribution in [3.63, 3.8) is 0 Å². The first kappa shape index (κ1) is 31.0. The number of amides is 3. The summed E-state index contributed by atoms with van der Waals surface area (Å²) in [4.78, 5) is 48.6. The molecule has 0 radical (unpaired) electrons. The van der Waals surface area contributed by atoms with Crippen molar-refractivity contribution in [1.29, 1.82) is 0 Å². The zero-order valence-corrected chi connectivity index (χ0v) is 26.2. The molecule has 1 spiro atoms. The average Bonchev–Trinajstić information content (AvgIpc) is 3.60. The average molecular weight is 643 g/mol. The lowest BCUT2D eigenvalue weighted by atomic mass is 9.70. The first-order valence-electron chi connectivity index (χ1n) is 15.4. The van der Waals surface area contributed by atoms with Crippen molar-refractivity contribution >= 4 is 33.7 Å². The van der Waals surface area contributed by atoms with E-state index in [1.165, 1.54) is 0 Å². The van der Waals surface area contributed by atoms with E-state index in [1.54, 1.807) is 22.0 Å². The van der Waals surface area contributed by atoms with Crippen molar-refractivity contribution in [3.05, 3.63) is 61.2 Å². The van der Waals surface area contributed by atoms with E-state index in [-0.39, 0.29) is 35.2 Å². The molecule has 3 unspecified atom stereocenters. The fourth-order valence-electron chi connectivity index (χ4n) is 7.95. The highest BCUT2D eigenvalue weighted by molar-refractivity contribution is 9.09. The molecule has 8 nitrogen and oxygen atoms in total. The van der Waals surface area contributed by atoms with Gasteiger partial charge in [0.2, 0.25) is 17.7 Å². The summed E-state index contributed by atoms with van der Waals surface area (Å²) in [5.41, 5.74) is -0.176. The van der Waals surface area contributed by atoms with E-state index in [4.69, 9.17) is 4.74 Å².